The molecule has 0 amide bonds. The molecule has 1 aliphatic rings. The second-order valence-corrected chi connectivity index (χ2v) is 9.87. The quantitative estimate of drug-likeness (QED) is 0.431. The number of sulfonamides is 1. The molecule has 1 saturated carbocycles. The standard InChI is InChI=1S/C21H31F3N2O2S/c1-3-14-25-15-4-5-17-6-8-18(9-7-17)16-26(2)29(27,28)20-12-10-19(11-13-20)21(22,23)24/h3,10-13,17-18,25H,1,4-9,14-16H2,2H3. The summed E-state index contributed by atoms with van der Waals surface area (Å²) in [5.41, 5.74) is -0.850. The van der Waals surface area contributed by atoms with Gasteiger partial charge in [0.15, 0.2) is 0 Å². The summed E-state index contributed by atoms with van der Waals surface area (Å²) in [7, 11) is -2.28. The smallest absolute Gasteiger partial charge is 0.313 e. The molecular weight excluding hydrogens is 401 g/mol. The second kappa shape index (κ2) is 10.6. The maximum Gasteiger partial charge on any atom is 0.416 e. The molecule has 0 unspecified atom stereocenters. The van der Waals surface area contributed by atoms with E-state index in [1.165, 1.54) is 17.8 Å². The molecule has 8 heteroatoms. The van der Waals surface area contributed by atoms with Gasteiger partial charge >= 0.3 is 6.18 Å². The normalized spacial score (nSPS) is 20.7. The van der Waals surface area contributed by atoms with Gasteiger partial charge in [-0.25, -0.2) is 12.7 Å². The predicted molar refractivity (Wildman–Crippen MR) is 109 cm³/mol. The number of hydrogen-bond acceptors (Lipinski definition) is 3. The fourth-order valence-corrected chi connectivity index (χ4v) is 5.13. The van der Waals surface area contributed by atoms with Crippen molar-refractivity contribution in [3.05, 3.63) is 42.5 Å². The van der Waals surface area contributed by atoms with Gasteiger partial charge in [-0.3, -0.25) is 0 Å². The third-order valence-corrected chi connectivity index (χ3v) is 7.46. The van der Waals surface area contributed by atoms with Crippen LogP contribution in [0.3, 0.4) is 0 Å². The van der Waals surface area contributed by atoms with Crippen molar-refractivity contribution in [2.45, 2.75) is 49.6 Å². The molecule has 0 aliphatic heterocycles. The molecule has 0 heterocycles. The Morgan fingerprint density at radius 2 is 1.72 bits per heavy atom. The zero-order valence-corrected chi connectivity index (χ0v) is 17.7. The van der Waals surface area contributed by atoms with Crippen LogP contribution >= 0.6 is 0 Å². The first-order valence-electron chi connectivity index (χ1n) is 10.1. The van der Waals surface area contributed by atoms with E-state index in [4.69, 9.17) is 0 Å². The van der Waals surface area contributed by atoms with Gasteiger partial charge in [0.1, 0.15) is 0 Å². The highest BCUT2D eigenvalue weighted by Gasteiger charge is 2.32. The summed E-state index contributed by atoms with van der Waals surface area (Å²) in [6, 6.07) is 3.70. The molecule has 1 aliphatic carbocycles. The van der Waals surface area contributed by atoms with Crippen molar-refractivity contribution < 1.29 is 21.6 Å². The lowest BCUT2D eigenvalue weighted by Gasteiger charge is -2.31. The molecular formula is C21H31F3N2O2S. The summed E-state index contributed by atoms with van der Waals surface area (Å²) >= 11 is 0. The molecule has 1 N–H and O–H groups in total. The minimum atomic E-state index is -4.48. The molecule has 1 fully saturated rings. The number of benzene rings is 1. The summed E-state index contributed by atoms with van der Waals surface area (Å²) in [5, 5.41) is 3.30. The molecule has 0 atom stereocenters. The lowest BCUT2D eigenvalue weighted by atomic mass is 9.80. The first-order valence-corrected chi connectivity index (χ1v) is 11.5. The van der Waals surface area contributed by atoms with Crippen LogP contribution in [0, 0.1) is 11.8 Å². The van der Waals surface area contributed by atoms with E-state index in [2.05, 4.69) is 11.9 Å². The minimum absolute atomic E-state index is 0.103. The van der Waals surface area contributed by atoms with Crippen molar-refractivity contribution >= 4 is 10.0 Å². The minimum Gasteiger partial charge on any atom is -0.313 e. The monoisotopic (exact) mass is 432 g/mol. The van der Waals surface area contributed by atoms with E-state index >= 15 is 0 Å². The van der Waals surface area contributed by atoms with Gasteiger partial charge in [-0.15, -0.1) is 6.58 Å². The van der Waals surface area contributed by atoms with Gasteiger partial charge in [0, 0.05) is 20.1 Å². The van der Waals surface area contributed by atoms with Crippen LogP contribution in [0.15, 0.2) is 41.8 Å². The van der Waals surface area contributed by atoms with Crippen molar-refractivity contribution in [3.8, 4) is 0 Å². The van der Waals surface area contributed by atoms with Gasteiger partial charge < -0.3 is 5.32 Å². The highest BCUT2D eigenvalue weighted by molar-refractivity contribution is 7.89. The molecule has 0 spiro atoms. The Kier molecular flexibility index (Phi) is 8.73. The number of alkyl halides is 3. The lowest BCUT2D eigenvalue weighted by molar-refractivity contribution is -0.137. The predicted octanol–water partition coefficient (Wildman–Crippen LogP) is 4.69. The number of hydrogen-bond donors (Lipinski definition) is 1. The van der Waals surface area contributed by atoms with Gasteiger partial charge in [0.2, 0.25) is 10.0 Å². The van der Waals surface area contributed by atoms with Crippen molar-refractivity contribution in [2.75, 3.05) is 26.7 Å². The summed E-state index contributed by atoms with van der Waals surface area (Å²) in [6.45, 7) is 5.89. The Balaban J connectivity index is 1.82. The van der Waals surface area contributed by atoms with Crippen molar-refractivity contribution in [1.29, 1.82) is 0 Å². The van der Waals surface area contributed by atoms with E-state index in [1.807, 2.05) is 6.08 Å². The maximum atomic E-state index is 12.7. The van der Waals surface area contributed by atoms with E-state index in [0.29, 0.717) is 18.4 Å². The van der Waals surface area contributed by atoms with E-state index in [1.54, 1.807) is 0 Å². The van der Waals surface area contributed by atoms with Crippen LogP contribution in [0.4, 0.5) is 13.2 Å². The molecule has 1 aromatic carbocycles. The Bertz CT molecular complexity index is 740. The van der Waals surface area contributed by atoms with Gasteiger partial charge in [-0.1, -0.05) is 18.9 Å². The Morgan fingerprint density at radius 3 is 2.28 bits per heavy atom. The highest BCUT2D eigenvalue weighted by atomic mass is 32.2. The van der Waals surface area contributed by atoms with Gasteiger partial charge in [0.05, 0.1) is 10.5 Å². The van der Waals surface area contributed by atoms with Gasteiger partial charge in [-0.2, -0.15) is 13.2 Å². The average molecular weight is 433 g/mol. The second-order valence-electron chi connectivity index (χ2n) is 7.83. The number of halogens is 3. The van der Waals surface area contributed by atoms with Crippen LogP contribution in [-0.4, -0.2) is 39.4 Å². The Morgan fingerprint density at radius 1 is 1.14 bits per heavy atom. The molecule has 2 rings (SSSR count). The number of nitrogens with one attached hydrogen (secondary N) is 1. The molecule has 0 bridgehead atoms. The SMILES string of the molecule is C=CCNCCCC1CCC(CN(C)S(=O)(=O)c2ccc(C(F)(F)F)cc2)CC1. The molecule has 0 saturated heterocycles. The average Bonchev–Trinajstić information content (AvgIpc) is 2.68. The van der Waals surface area contributed by atoms with Crippen molar-refractivity contribution in [1.82, 2.24) is 9.62 Å². The molecule has 29 heavy (non-hydrogen) atoms. The maximum absolute atomic E-state index is 12.7. The van der Waals surface area contributed by atoms with Crippen molar-refractivity contribution in [3.63, 3.8) is 0 Å². The van der Waals surface area contributed by atoms with Crippen LogP contribution in [0.1, 0.15) is 44.1 Å². The van der Waals surface area contributed by atoms with E-state index in [9.17, 15) is 21.6 Å². The number of nitrogens with zero attached hydrogens (tertiary/aromatic N) is 1. The fraction of sp³-hybridized carbons (Fsp3) is 0.619. The summed E-state index contributed by atoms with van der Waals surface area (Å²) in [5.74, 6) is 0.980. The highest BCUT2D eigenvalue weighted by Crippen LogP contribution is 2.33. The van der Waals surface area contributed by atoms with Gasteiger partial charge in [-0.05, 0) is 68.3 Å². The van der Waals surface area contributed by atoms with Gasteiger partial charge in [0.25, 0.3) is 0 Å². The van der Waals surface area contributed by atoms with Crippen molar-refractivity contribution in [2.24, 2.45) is 11.8 Å². The third kappa shape index (κ3) is 7.12. The van der Waals surface area contributed by atoms with E-state index in [0.717, 1.165) is 69.5 Å². The summed E-state index contributed by atoms with van der Waals surface area (Å²) < 4.78 is 64.7. The Labute approximate surface area is 172 Å². The van der Waals surface area contributed by atoms with Crippen LogP contribution < -0.4 is 5.32 Å². The van der Waals surface area contributed by atoms with Crippen LogP contribution in [0.25, 0.3) is 0 Å². The van der Waals surface area contributed by atoms with Crippen LogP contribution in [0.5, 0.6) is 0 Å². The molecule has 0 radical (unpaired) electrons. The third-order valence-electron chi connectivity index (χ3n) is 5.63. The van der Waals surface area contributed by atoms with E-state index < -0.39 is 21.8 Å². The topological polar surface area (TPSA) is 49.4 Å². The van der Waals surface area contributed by atoms with E-state index in [-0.39, 0.29) is 4.90 Å². The fourth-order valence-electron chi connectivity index (χ4n) is 3.88. The zero-order valence-electron chi connectivity index (χ0n) is 16.9. The largest absolute Gasteiger partial charge is 0.416 e. The van der Waals surface area contributed by atoms with Crippen LogP contribution in [0.2, 0.25) is 0 Å². The lowest BCUT2D eigenvalue weighted by Crippen LogP contribution is -2.33. The zero-order chi connectivity index (χ0) is 21.5. The Hall–Kier alpha value is -1.38. The first-order chi connectivity index (χ1) is 13.6. The number of rotatable bonds is 10. The molecule has 4 nitrogen and oxygen atoms in total. The summed E-state index contributed by atoms with van der Waals surface area (Å²) in [6.07, 6.45) is 3.84. The van der Waals surface area contributed by atoms with Crippen LogP contribution in [-0.2, 0) is 16.2 Å². The molecule has 164 valence electrons. The molecule has 1 aromatic rings. The summed E-state index contributed by atoms with van der Waals surface area (Å²) in [4.78, 5) is -0.103. The first kappa shape index (κ1) is 23.9. The molecule has 0 aromatic heterocycles.